The number of Topliss-reactive ketones (excluding diaryl/α,β-unsaturated/α-hetero) is 1. The fraction of sp³-hybridized carbons (Fsp3) is 0.417. The van der Waals surface area contributed by atoms with Crippen LogP contribution in [0.2, 0.25) is 0 Å². The molecule has 0 bridgehead atoms. The van der Waals surface area contributed by atoms with Crippen LogP contribution in [-0.2, 0) is 0 Å². The zero-order chi connectivity index (χ0) is 9.97. The summed E-state index contributed by atoms with van der Waals surface area (Å²) in [4.78, 5) is 11.3. The Bertz CT molecular complexity index is 342. The van der Waals surface area contributed by atoms with E-state index in [1.807, 2.05) is 24.3 Å². The lowest BCUT2D eigenvalue weighted by atomic mass is 9.92. The van der Waals surface area contributed by atoms with Gasteiger partial charge in [0.25, 0.3) is 0 Å². The highest BCUT2D eigenvalue weighted by Gasteiger charge is 2.18. The Balaban J connectivity index is 2.17. The molecule has 0 aromatic heterocycles. The largest absolute Gasteiger partial charge is 0.382 e. The predicted molar refractivity (Wildman–Crippen MR) is 57.7 cm³/mol. The van der Waals surface area contributed by atoms with Crippen molar-refractivity contribution in [2.75, 3.05) is 5.32 Å². The fourth-order valence-corrected chi connectivity index (χ4v) is 1.69. The summed E-state index contributed by atoms with van der Waals surface area (Å²) in [5.74, 6) is 0.132. The van der Waals surface area contributed by atoms with Gasteiger partial charge in [0, 0.05) is 17.3 Å². The molecule has 1 saturated carbocycles. The molecule has 1 aromatic carbocycles. The third-order valence-electron chi connectivity index (χ3n) is 2.77. The molecule has 1 fully saturated rings. The first-order chi connectivity index (χ1) is 6.77. The van der Waals surface area contributed by atoms with Gasteiger partial charge in [-0.25, -0.2) is 0 Å². The minimum atomic E-state index is 0.132. The van der Waals surface area contributed by atoms with Gasteiger partial charge in [0.1, 0.15) is 0 Å². The van der Waals surface area contributed by atoms with Crippen molar-refractivity contribution in [1.29, 1.82) is 0 Å². The van der Waals surface area contributed by atoms with Gasteiger partial charge in [-0.05, 0) is 38.3 Å². The molecule has 0 saturated heterocycles. The molecule has 0 amide bonds. The minimum Gasteiger partial charge on any atom is -0.382 e. The SMILES string of the molecule is CC(=O)c1ccccc1NC1CCC1. The summed E-state index contributed by atoms with van der Waals surface area (Å²) in [6.07, 6.45) is 3.76. The summed E-state index contributed by atoms with van der Waals surface area (Å²) in [5.41, 5.74) is 1.80. The van der Waals surface area contributed by atoms with Crippen LogP contribution in [-0.4, -0.2) is 11.8 Å². The number of nitrogens with one attached hydrogen (secondary N) is 1. The van der Waals surface area contributed by atoms with Crippen molar-refractivity contribution in [2.24, 2.45) is 0 Å². The van der Waals surface area contributed by atoms with E-state index in [9.17, 15) is 4.79 Å². The Kier molecular flexibility index (Phi) is 2.53. The summed E-state index contributed by atoms with van der Waals surface area (Å²) < 4.78 is 0. The molecule has 0 unspecified atom stereocenters. The van der Waals surface area contributed by atoms with Crippen molar-refractivity contribution < 1.29 is 4.79 Å². The number of hydrogen-bond acceptors (Lipinski definition) is 2. The van der Waals surface area contributed by atoms with Crippen LogP contribution in [0.4, 0.5) is 5.69 Å². The van der Waals surface area contributed by atoms with E-state index in [1.54, 1.807) is 6.92 Å². The first-order valence-electron chi connectivity index (χ1n) is 5.14. The van der Waals surface area contributed by atoms with E-state index >= 15 is 0 Å². The monoisotopic (exact) mass is 189 g/mol. The number of anilines is 1. The van der Waals surface area contributed by atoms with Crippen LogP contribution in [0.3, 0.4) is 0 Å². The van der Waals surface area contributed by atoms with Gasteiger partial charge in [0.2, 0.25) is 0 Å². The van der Waals surface area contributed by atoms with Gasteiger partial charge in [-0.2, -0.15) is 0 Å². The van der Waals surface area contributed by atoms with Crippen LogP contribution in [0.5, 0.6) is 0 Å². The Morgan fingerprint density at radius 3 is 2.64 bits per heavy atom. The highest BCUT2D eigenvalue weighted by Crippen LogP contribution is 2.25. The highest BCUT2D eigenvalue weighted by molar-refractivity contribution is 5.99. The van der Waals surface area contributed by atoms with Gasteiger partial charge < -0.3 is 5.32 Å². The van der Waals surface area contributed by atoms with Gasteiger partial charge >= 0.3 is 0 Å². The quantitative estimate of drug-likeness (QED) is 0.741. The second kappa shape index (κ2) is 3.82. The molecule has 1 aliphatic carbocycles. The molecule has 14 heavy (non-hydrogen) atoms. The topological polar surface area (TPSA) is 29.1 Å². The molecule has 1 aliphatic rings. The molecule has 0 spiro atoms. The summed E-state index contributed by atoms with van der Waals surface area (Å²) in [7, 11) is 0. The standard InChI is InChI=1S/C12H15NO/c1-9(14)11-7-2-3-8-12(11)13-10-5-4-6-10/h2-3,7-8,10,13H,4-6H2,1H3. The molecule has 2 rings (SSSR count). The summed E-state index contributed by atoms with van der Waals surface area (Å²) >= 11 is 0. The molecular formula is C12H15NO. The van der Waals surface area contributed by atoms with Gasteiger partial charge in [0.05, 0.1) is 0 Å². The van der Waals surface area contributed by atoms with Crippen molar-refractivity contribution in [3.05, 3.63) is 29.8 Å². The lowest BCUT2D eigenvalue weighted by Crippen LogP contribution is -2.27. The van der Waals surface area contributed by atoms with E-state index in [2.05, 4.69) is 5.32 Å². The average molecular weight is 189 g/mol. The molecule has 0 heterocycles. The number of hydrogen-bond donors (Lipinski definition) is 1. The molecule has 2 nitrogen and oxygen atoms in total. The van der Waals surface area contributed by atoms with E-state index < -0.39 is 0 Å². The van der Waals surface area contributed by atoms with E-state index in [1.165, 1.54) is 19.3 Å². The van der Waals surface area contributed by atoms with Crippen molar-refractivity contribution in [3.63, 3.8) is 0 Å². The maximum Gasteiger partial charge on any atom is 0.161 e. The van der Waals surface area contributed by atoms with Gasteiger partial charge in [-0.1, -0.05) is 12.1 Å². The zero-order valence-corrected chi connectivity index (χ0v) is 8.42. The fourth-order valence-electron chi connectivity index (χ4n) is 1.69. The van der Waals surface area contributed by atoms with Crippen LogP contribution in [0.1, 0.15) is 36.5 Å². The summed E-state index contributed by atoms with van der Waals surface area (Å²) in [5, 5.41) is 3.41. The summed E-state index contributed by atoms with van der Waals surface area (Å²) in [6.45, 7) is 1.61. The van der Waals surface area contributed by atoms with E-state index in [4.69, 9.17) is 0 Å². The number of carbonyl (C=O) groups is 1. The number of ketones is 1. The third-order valence-corrected chi connectivity index (χ3v) is 2.77. The zero-order valence-electron chi connectivity index (χ0n) is 8.42. The maximum absolute atomic E-state index is 11.3. The lowest BCUT2D eigenvalue weighted by Gasteiger charge is -2.28. The van der Waals surface area contributed by atoms with E-state index in [0.717, 1.165) is 11.3 Å². The number of carbonyl (C=O) groups excluding carboxylic acids is 1. The minimum absolute atomic E-state index is 0.132. The molecule has 0 atom stereocenters. The van der Waals surface area contributed by atoms with Crippen LogP contribution in [0.15, 0.2) is 24.3 Å². The molecule has 0 radical (unpaired) electrons. The van der Waals surface area contributed by atoms with Crippen molar-refractivity contribution in [3.8, 4) is 0 Å². The molecular weight excluding hydrogens is 174 g/mol. The van der Waals surface area contributed by atoms with Crippen molar-refractivity contribution in [2.45, 2.75) is 32.2 Å². The van der Waals surface area contributed by atoms with Crippen LogP contribution in [0.25, 0.3) is 0 Å². The molecule has 74 valence electrons. The molecule has 0 aliphatic heterocycles. The normalized spacial score (nSPS) is 16.1. The first-order valence-corrected chi connectivity index (χ1v) is 5.14. The smallest absolute Gasteiger partial charge is 0.161 e. The van der Waals surface area contributed by atoms with E-state index in [0.29, 0.717) is 6.04 Å². The maximum atomic E-state index is 11.3. The molecule has 2 heteroatoms. The van der Waals surface area contributed by atoms with Crippen LogP contribution < -0.4 is 5.32 Å². The summed E-state index contributed by atoms with van der Waals surface area (Å²) in [6, 6.07) is 8.31. The van der Waals surface area contributed by atoms with Crippen molar-refractivity contribution in [1.82, 2.24) is 0 Å². The van der Waals surface area contributed by atoms with E-state index in [-0.39, 0.29) is 5.78 Å². The Hall–Kier alpha value is -1.31. The van der Waals surface area contributed by atoms with Crippen LogP contribution >= 0.6 is 0 Å². The first kappa shape index (κ1) is 9.25. The number of para-hydroxylation sites is 1. The lowest BCUT2D eigenvalue weighted by molar-refractivity contribution is 0.101. The molecule has 1 N–H and O–H groups in total. The van der Waals surface area contributed by atoms with Gasteiger partial charge in [-0.3, -0.25) is 4.79 Å². The Morgan fingerprint density at radius 2 is 2.07 bits per heavy atom. The number of rotatable bonds is 3. The van der Waals surface area contributed by atoms with Crippen molar-refractivity contribution >= 4 is 11.5 Å². The van der Waals surface area contributed by atoms with Gasteiger partial charge in [0.15, 0.2) is 5.78 Å². The highest BCUT2D eigenvalue weighted by atomic mass is 16.1. The second-order valence-electron chi connectivity index (χ2n) is 3.87. The second-order valence-corrected chi connectivity index (χ2v) is 3.87. The van der Waals surface area contributed by atoms with Crippen LogP contribution in [0, 0.1) is 0 Å². The average Bonchev–Trinajstić information content (AvgIpc) is 2.12. The molecule has 1 aromatic rings. The Morgan fingerprint density at radius 1 is 1.36 bits per heavy atom. The number of benzene rings is 1. The third kappa shape index (κ3) is 1.79. The Labute approximate surface area is 84.3 Å². The van der Waals surface area contributed by atoms with Gasteiger partial charge in [-0.15, -0.1) is 0 Å². The predicted octanol–water partition coefficient (Wildman–Crippen LogP) is 2.85.